The Morgan fingerprint density at radius 1 is 0.667 bits per heavy atom. The van der Waals surface area contributed by atoms with Crippen molar-refractivity contribution in [3.63, 3.8) is 0 Å². The van der Waals surface area contributed by atoms with Crippen molar-refractivity contribution in [1.29, 1.82) is 0 Å². The van der Waals surface area contributed by atoms with E-state index in [9.17, 15) is 14.7 Å². The molecule has 0 atom stereocenters. The summed E-state index contributed by atoms with van der Waals surface area (Å²) in [4.78, 5) is 22.6. The molecule has 0 saturated heterocycles. The highest BCUT2D eigenvalue weighted by Gasteiger charge is 2.36. The first-order valence-electron chi connectivity index (χ1n) is 10.0. The van der Waals surface area contributed by atoms with Gasteiger partial charge < -0.3 is 10.2 Å². The van der Waals surface area contributed by atoms with E-state index in [-0.39, 0.29) is 6.42 Å². The molecular weight excluding hydrogens is 304 g/mol. The third-order valence-corrected chi connectivity index (χ3v) is 5.56. The van der Waals surface area contributed by atoms with Crippen LogP contribution in [0.5, 0.6) is 0 Å². The molecule has 1 fully saturated rings. The Bertz CT molecular complexity index is 353. The molecule has 0 spiro atoms. The van der Waals surface area contributed by atoms with Gasteiger partial charge in [0.25, 0.3) is 0 Å². The average Bonchev–Trinajstić information content (AvgIpc) is 2.52. The van der Waals surface area contributed by atoms with E-state index in [0.717, 1.165) is 64.2 Å². The Balaban J connectivity index is 2.47. The van der Waals surface area contributed by atoms with Crippen LogP contribution in [-0.4, -0.2) is 22.2 Å². The fraction of sp³-hybridized carbons (Fsp3) is 0.900. The molecule has 0 aromatic heterocycles. The molecule has 1 aliphatic carbocycles. The van der Waals surface area contributed by atoms with E-state index in [1.54, 1.807) is 0 Å². The average molecular weight is 341 g/mol. The Morgan fingerprint density at radius 3 is 1.58 bits per heavy atom. The lowest BCUT2D eigenvalue weighted by molar-refractivity contribution is -0.150. The van der Waals surface area contributed by atoms with Crippen LogP contribution in [0.1, 0.15) is 109 Å². The van der Waals surface area contributed by atoms with Crippen LogP contribution in [0, 0.1) is 5.41 Å². The Morgan fingerprint density at radius 2 is 1.12 bits per heavy atom. The summed E-state index contributed by atoms with van der Waals surface area (Å²) in [5.41, 5.74) is -0.536. The minimum Gasteiger partial charge on any atom is -0.481 e. The van der Waals surface area contributed by atoms with E-state index in [2.05, 4.69) is 0 Å². The van der Waals surface area contributed by atoms with Crippen molar-refractivity contribution >= 4 is 11.9 Å². The molecule has 4 nitrogen and oxygen atoms in total. The van der Waals surface area contributed by atoms with Gasteiger partial charge in [0, 0.05) is 6.42 Å². The van der Waals surface area contributed by atoms with Gasteiger partial charge in [-0.15, -0.1) is 0 Å². The van der Waals surface area contributed by atoms with Crippen LogP contribution in [0.4, 0.5) is 0 Å². The van der Waals surface area contributed by atoms with Gasteiger partial charge in [-0.2, -0.15) is 0 Å². The SMILES string of the molecule is O=C(O)CCCCCCC1(C(=O)O)CCCCCCCCCCC1. The first-order chi connectivity index (χ1) is 11.6. The summed E-state index contributed by atoms with van der Waals surface area (Å²) in [7, 11) is 0. The third-order valence-electron chi connectivity index (χ3n) is 5.56. The van der Waals surface area contributed by atoms with Crippen molar-refractivity contribution in [3.8, 4) is 0 Å². The van der Waals surface area contributed by atoms with E-state index in [1.807, 2.05) is 0 Å². The normalized spacial score (nSPS) is 19.8. The smallest absolute Gasteiger partial charge is 0.309 e. The molecule has 0 heterocycles. The molecule has 0 radical (unpaired) electrons. The molecule has 0 aliphatic heterocycles. The molecule has 1 rings (SSSR count). The number of unbranched alkanes of at least 4 members (excludes halogenated alkanes) is 3. The van der Waals surface area contributed by atoms with E-state index in [1.165, 1.54) is 32.1 Å². The van der Waals surface area contributed by atoms with Gasteiger partial charge in [-0.05, 0) is 25.7 Å². The van der Waals surface area contributed by atoms with Gasteiger partial charge in [-0.25, -0.2) is 0 Å². The van der Waals surface area contributed by atoms with E-state index in [0.29, 0.717) is 6.42 Å². The molecule has 0 bridgehead atoms. The maximum Gasteiger partial charge on any atom is 0.309 e. The highest BCUT2D eigenvalue weighted by molar-refractivity contribution is 5.74. The maximum absolute atomic E-state index is 12.0. The predicted octanol–water partition coefficient (Wildman–Crippen LogP) is 5.79. The van der Waals surface area contributed by atoms with Gasteiger partial charge in [0.1, 0.15) is 0 Å². The zero-order valence-electron chi connectivity index (χ0n) is 15.2. The molecule has 1 aliphatic rings. The molecular formula is C20H36O4. The predicted molar refractivity (Wildman–Crippen MR) is 96.2 cm³/mol. The third kappa shape index (κ3) is 8.70. The summed E-state index contributed by atoms with van der Waals surface area (Å²) in [6.07, 6.45) is 16.9. The maximum atomic E-state index is 12.0. The number of carbonyl (C=O) groups is 2. The zero-order valence-corrected chi connectivity index (χ0v) is 15.2. The lowest BCUT2D eigenvalue weighted by Gasteiger charge is -2.30. The summed E-state index contributed by atoms with van der Waals surface area (Å²) < 4.78 is 0. The Hall–Kier alpha value is -1.06. The molecule has 0 amide bonds. The fourth-order valence-electron chi connectivity index (χ4n) is 3.95. The van der Waals surface area contributed by atoms with Gasteiger partial charge in [0.05, 0.1) is 5.41 Å². The quantitative estimate of drug-likeness (QED) is 0.549. The van der Waals surface area contributed by atoms with Crippen molar-refractivity contribution in [2.24, 2.45) is 5.41 Å². The largest absolute Gasteiger partial charge is 0.481 e. The van der Waals surface area contributed by atoms with Crippen LogP contribution >= 0.6 is 0 Å². The number of aliphatic carboxylic acids is 2. The number of carboxylic acids is 2. The Labute approximate surface area is 147 Å². The van der Waals surface area contributed by atoms with Crippen LogP contribution < -0.4 is 0 Å². The summed E-state index contributed by atoms with van der Waals surface area (Å²) in [5.74, 6) is -1.35. The van der Waals surface area contributed by atoms with Gasteiger partial charge in [0.15, 0.2) is 0 Å². The second kappa shape index (κ2) is 12.3. The van der Waals surface area contributed by atoms with Gasteiger partial charge in [-0.3, -0.25) is 9.59 Å². The summed E-state index contributed by atoms with van der Waals surface area (Å²) in [6.45, 7) is 0. The van der Waals surface area contributed by atoms with Crippen LogP contribution in [0.3, 0.4) is 0 Å². The van der Waals surface area contributed by atoms with Crippen molar-refractivity contribution in [2.45, 2.75) is 109 Å². The second-order valence-electron chi connectivity index (χ2n) is 7.58. The molecule has 2 N–H and O–H groups in total. The van der Waals surface area contributed by atoms with E-state index < -0.39 is 17.4 Å². The van der Waals surface area contributed by atoms with Gasteiger partial charge in [0.2, 0.25) is 0 Å². The monoisotopic (exact) mass is 340 g/mol. The van der Waals surface area contributed by atoms with Crippen LogP contribution in [0.15, 0.2) is 0 Å². The molecule has 4 heteroatoms. The molecule has 0 aromatic carbocycles. The lowest BCUT2D eigenvalue weighted by atomic mass is 9.74. The van der Waals surface area contributed by atoms with Crippen molar-refractivity contribution in [2.75, 3.05) is 0 Å². The fourth-order valence-corrected chi connectivity index (χ4v) is 3.95. The highest BCUT2D eigenvalue weighted by atomic mass is 16.4. The standard InChI is InChI=1S/C20H36O4/c21-18(22)14-10-6-9-13-17-20(19(23)24)15-11-7-4-2-1-3-5-8-12-16-20/h1-17H2,(H,21,22)(H,23,24). The summed E-state index contributed by atoms with van der Waals surface area (Å²) in [5, 5.41) is 18.6. The summed E-state index contributed by atoms with van der Waals surface area (Å²) in [6, 6.07) is 0. The summed E-state index contributed by atoms with van der Waals surface area (Å²) >= 11 is 0. The molecule has 0 aromatic rings. The topological polar surface area (TPSA) is 74.6 Å². The van der Waals surface area contributed by atoms with Gasteiger partial charge in [-0.1, -0.05) is 77.0 Å². The first-order valence-corrected chi connectivity index (χ1v) is 10.0. The first kappa shape index (κ1) is 21.0. The number of hydrogen-bond acceptors (Lipinski definition) is 2. The van der Waals surface area contributed by atoms with Crippen LogP contribution in [0.2, 0.25) is 0 Å². The number of rotatable bonds is 8. The number of carboxylic acid groups (broad SMARTS) is 2. The van der Waals surface area contributed by atoms with E-state index >= 15 is 0 Å². The lowest BCUT2D eigenvalue weighted by Crippen LogP contribution is -2.31. The van der Waals surface area contributed by atoms with Crippen molar-refractivity contribution in [1.82, 2.24) is 0 Å². The van der Waals surface area contributed by atoms with Crippen molar-refractivity contribution < 1.29 is 19.8 Å². The zero-order chi connectivity index (χ0) is 17.7. The van der Waals surface area contributed by atoms with Crippen LogP contribution in [0.25, 0.3) is 0 Å². The van der Waals surface area contributed by atoms with Crippen LogP contribution in [-0.2, 0) is 9.59 Å². The molecule has 1 saturated carbocycles. The Kier molecular flexibility index (Phi) is 10.8. The van der Waals surface area contributed by atoms with Crippen molar-refractivity contribution in [3.05, 3.63) is 0 Å². The molecule has 140 valence electrons. The van der Waals surface area contributed by atoms with E-state index in [4.69, 9.17) is 5.11 Å². The number of hydrogen-bond donors (Lipinski definition) is 2. The second-order valence-corrected chi connectivity index (χ2v) is 7.58. The van der Waals surface area contributed by atoms with Gasteiger partial charge >= 0.3 is 11.9 Å². The molecule has 24 heavy (non-hydrogen) atoms. The molecule has 0 unspecified atom stereocenters. The minimum absolute atomic E-state index is 0.226. The highest BCUT2D eigenvalue weighted by Crippen LogP contribution is 2.38. The minimum atomic E-state index is -0.740.